The number of amidine groups is 1. The third-order valence-corrected chi connectivity index (χ3v) is 2.83. The maximum absolute atomic E-state index is 13.3. The van der Waals surface area contributed by atoms with Crippen molar-refractivity contribution in [1.29, 1.82) is 0 Å². The number of ether oxygens (including phenoxy) is 1. The van der Waals surface area contributed by atoms with Gasteiger partial charge in [0, 0.05) is 18.0 Å². The summed E-state index contributed by atoms with van der Waals surface area (Å²) in [5.41, 5.74) is 5.69. The van der Waals surface area contributed by atoms with E-state index in [1.54, 1.807) is 0 Å². The summed E-state index contributed by atoms with van der Waals surface area (Å²) in [6, 6.07) is 3.58. The minimum atomic E-state index is -0.534. The molecule has 1 atom stereocenters. The molecule has 110 valence electrons. The average molecular weight is 283 g/mol. The lowest BCUT2D eigenvalue weighted by Crippen LogP contribution is -2.37. The van der Waals surface area contributed by atoms with Crippen molar-refractivity contribution >= 4 is 11.7 Å². The highest BCUT2D eigenvalue weighted by atomic mass is 19.1. The lowest BCUT2D eigenvalue weighted by molar-refractivity contribution is 0.0936. The molecule has 1 rings (SSSR count). The third kappa shape index (κ3) is 4.11. The van der Waals surface area contributed by atoms with Gasteiger partial charge in [-0.15, -0.1) is 0 Å². The molecule has 0 radical (unpaired) electrons. The predicted molar refractivity (Wildman–Crippen MR) is 72.5 cm³/mol. The first-order chi connectivity index (χ1) is 9.51. The SMILES string of the molecule is CCC(C/C(N)=N/O)NC(=O)c1ccc(F)c(OC)c1. The van der Waals surface area contributed by atoms with Crippen LogP contribution in [0.25, 0.3) is 0 Å². The summed E-state index contributed by atoms with van der Waals surface area (Å²) in [5, 5.41) is 14.1. The average Bonchev–Trinajstić information content (AvgIpc) is 2.46. The zero-order valence-corrected chi connectivity index (χ0v) is 11.4. The van der Waals surface area contributed by atoms with Crippen LogP contribution in [0.15, 0.2) is 23.4 Å². The second-order valence-electron chi connectivity index (χ2n) is 4.22. The molecule has 1 aromatic carbocycles. The normalized spacial score (nSPS) is 12.8. The minimum absolute atomic E-state index is 0.00198. The number of nitrogens with one attached hydrogen (secondary N) is 1. The van der Waals surface area contributed by atoms with E-state index in [4.69, 9.17) is 15.7 Å². The Labute approximate surface area is 116 Å². The predicted octanol–water partition coefficient (Wildman–Crippen LogP) is 1.48. The van der Waals surface area contributed by atoms with Gasteiger partial charge in [-0.05, 0) is 24.6 Å². The van der Waals surface area contributed by atoms with Crippen molar-refractivity contribution < 1.29 is 19.1 Å². The van der Waals surface area contributed by atoms with Crippen LogP contribution in [-0.2, 0) is 0 Å². The van der Waals surface area contributed by atoms with Gasteiger partial charge in [-0.2, -0.15) is 0 Å². The number of methoxy groups -OCH3 is 1. The Balaban J connectivity index is 2.79. The standard InChI is InChI=1S/C13H18FN3O3/c1-3-9(7-12(15)17-19)16-13(18)8-4-5-10(14)11(6-8)20-2/h4-6,9,19H,3,7H2,1-2H3,(H2,15,17)(H,16,18). The molecule has 0 spiro atoms. The maximum Gasteiger partial charge on any atom is 0.251 e. The van der Waals surface area contributed by atoms with Gasteiger partial charge in [0.1, 0.15) is 5.84 Å². The van der Waals surface area contributed by atoms with Crippen LogP contribution in [0.4, 0.5) is 4.39 Å². The summed E-state index contributed by atoms with van der Waals surface area (Å²) >= 11 is 0. The monoisotopic (exact) mass is 283 g/mol. The number of hydrogen-bond acceptors (Lipinski definition) is 4. The third-order valence-electron chi connectivity index (χ3n) is 2.83. The summed E-state index contributed by atoms with van der Waals surface area (Å²) in [4.78, 5) is 12.0. The fourth-order valence-electron chi connectivity index (χ4n) is 1.66. The highest BCUT2D eigenvalue weighted by Crippen LogP contribution is 2.18. The van der Waals surface area contributed by atoms with Crippen LogP contribution in [0.1, 0.15) is 30.1 Å². The van der Waals surface area contributed by atoms with Crippen LogP contribution in [0.5, 0.6) is 5.75 Å². The minimum Gasteiger partial charge on any atom is -0.494 e. The first kappa shape index (κ1) is 15.7. The van der Waals surface area contributed by atoms with Crippen molar-refractivity contribution in [3.63, 3.8) is 0 Å². The summed E-state index contributed by atoms with van der Waals surface area (Å²) < 4.78 is 18.1. The number of carbonyl (C=O) groups is 1. The quantitative estimate of drug-likeness (QED) is 0.319. The molecular formula is C13H18FN3O3. The van der Waals surface area contributed by atoms with E-state index >= 15 is 0 Å². The first-order valence-corrected chi connectivity index (χ1v) is 6.12. The fourth-order valence-corrected chi connectivity index (χ4v) is 1.66. The summed E-state index contributed by atoms with van der Waals surface area (Å²) in [5.74, 6) is -0.871. The molecule has 0 bridgehead atoms. The molecule has 0 aliphatic heterocycles. The first-order valence-electron chi connectivity index (χ1n) is 6.12. The van der Waals surface area contributed by atoms with Crippen LogP contribution in [0.3, 0.4) is 0 Å². The van der Waals surface area contributed by atoms with Crippen molar-refractivity contribution in [2.45, 2.75) is 25.8 Å². The molecule has 4 N–H and O–H groups in total. The number of benzene rings is 1. The molecule has 0 aliphatic rings. The van der Waals surface area contributed by atoms with Gasteiger partial charge in [-0.3, -0.25) is 4.79 Å². The number of nitrogens with two attached hydrogens (primary N) is 1. The van der Waals surface area contributed by atoms with E-state index in [1.165, 1.54) is 19.2 Å². The van der Waals surface area contributed by atoms with Crippen LogP contribution in [0.2, 0.25) is 0 Å². The molecule has 7 heteroatoms. The van der Waals surface area contributed by atoms with Gasteiger partial charge in [0.05, 0.1) is 7.11 Å². The Hall–Kier alpha value is -2.31. The molecule has 0 fully saturated rings. The van der Waals surface area contributed by atoms with E-state index in [9.17, 15) is 9.18 Å². The van der Waals surface area contributed by atoms with E-state index in [-0.39, 0.29) is 35.5 Å². The zero-order chi connectivity index (χ0) is 15.1. The number of halogens is 1. The van der Waals surface area contributed by atoms with Gasteiger partial charge in [0.15, 0.2) is 11.6 Å². The maximum atomic E-state index is 13.3. The topological polar surface area (TPSA) is 96.9 Å². The number of nitrogens with zero attached hydrogens (tertiary/aromatic N) is 1. The molecule has 0 heterocycles. The van der Waals surface area contributed by atoms with Gasteiger partial charge in [0.25, 0.3) is 5.91 Å². The van der Waals surface area contributed by atoms with Crippen molar-refractivity contribution in [2.75, 3.05) is 7.11 Å². The molecule has 0 aliphatic carbocycles. The largest absolute Gasteiger partial charge is 0.494 e. The van der Waals surface area contributed by atoms with Crippen molar-refractivity contribution in [1.82, 2.24) is 5.32 Å². The lowest BCUT2D eigenvalue weighted by atomic mass is 10.1. The number of hydrogen-bond donors (Lipinski definition) is 3. The van der Waals surface area contributed by atoms with Gasteiger partial charge in [-0.25, -0.2) is 4.39 Å². The molecule has 1 unspecified atom stereocenters. The molecule has 1 amide bonds. The van der Waals surface area contributed by atoms with E-state index in [2.05, 4.69) is 10.5 Å². The number of carbonyl (C=O) groups excluding carboxylic acids is 1. The van der Waals surface area contributed by atoms with Gasteiger partial charge >= 0.3 is 0 Å². The van der Waals surface area contributed by atoms with Gasteiger partial charge < -0.3 is 21.0 Å². The van der Waals surface area contributed by atoms with Crippen LogP contribution >= 0.6 is 0 Å². The van der Waals surface area contributed by atoms with Crippen molar-refractivity contribution in [2.24, 2.45) is 10.9 Å². The Kier molecular flexibility index (Phi) is 5.76. The molecule has 1 aromatic rings. The molecule has 0 aromatic heterocycles. The Bertz CT molecular complexity index is 506. The molecule has 20 heavy (non-hydrogen) atoms. The fraction of sp³-hybridized carbons (Fsp3) is 0.385. The Morgan fingerprint density at radius 2 is 2.30 bits per heavy atom. The van der Waals surface area contributed by atoms with Crippen molar-refractivity contribution in [3.05, 3.63) is 29.6 Å². The lowest BCUT2D eigenvalue weighted by Gasteiger charge is -2.16. The second kappa shape index (κ2) is 7.32. The van der Waals surface area contributed by atoms with E-state index in [0.29, 0.717) is 6.42 Å². The number of rotatable bonds is 6. The molecule has 0 saturated heterocycles. The second-order valence-corrected chi connectivity index (χ2v) is 4.22. The Morgan fingerprint density at radius 3 is 2.85 bits per heavy atom. The van der Waals surface area contributed by atoms with Gasteiger partial charge in [0.2, 0.25) is 0 Å². The van der Waals surface area contributed by atoms with E-state index in [1.807, 2.05) is 6.92 Å². The van der Waals surface area contributed by atoms with E-state index < -0.39 is 5.82 Å². The van der Waals surface area contributed by atoms with Crippen LogP contribution in [0, 0.1) is 5.82 Å². The van der Waals surface area contributed by atoms with E-state index in [0.717, 1.165) is 6.07 Å². The summed E-state index contributed by atoms with van der Waals surface area (Å²) in [6.07, 6.45) is 0.845. The highest BCUT2D eigenvalue weighted by Gasteiger charge is 2.15. The summed E-state index contributed by atoms with van der Waals surface area (Å²) in [7, 11) is 1.33. The molecule has 6 nitrogen and oxygen atoms in total. The number of amides is 1. The van der Waals surface area contributed by atoms with Crippen LogP contribution < -0.4 is 15.8 Å². The summed E-state index contributed by atoms with van der Waals surface area (Å²) in [6.45, 7) is 1.86. The zero-order valence-electron chi connectivity index (χ0n) is 11.4. The van der Waals surface area contributed by atoms with Crippen LogP contribution in [-0.4, -0.2) is 30.1 Å². The number of oxime groups is 1. The highest BCUT2D eigenvalue weighted by molar-refractivity contribution is 5.95. The molecular weight excluding hydrogens is 265 g/mol. The van der Waals surface area contributed by atoms with Gasteiger partial charge in [-0.1, -0.05) is 12.1 Å². The van der Waals surface area contributed by atoms with Crippen molar-refractivity contribution in [3.8, 4) is 5.75 Å². The Morgan fingerprint density at radius 1 is 1.60 bits per heavy atom. The molecule has 0 saturated carbocycles. The smallest absolute Gasteiger partial charge is 0.251 e.